The molecule has 1 fully saturated rings. The topological polar surface area (TPSA) is 38.1 Å². The Morgan fingerprint density at radius 3 is 2.65 bits per heavy atom. The number of oxazole rings is 1. The number of benzene rings is 1. The van der Waals surface area contributed by atoms with Crippen molar-refractivity contribution in [1.29, 1.82) is 0 Å². The van der Waals surface area contributed by atoms with E-state index in [-0.39, 0.29) is 0 Å². The Kier molecular flexibility index (Phi) is 4.58. The standard InChI is InChI=1S/C15H16Br2N2O/c16-11-6-10(7-12(17)8-11)14-9-19-15(20-14)2-1-5-18-13-3-4-13/h6-9,13,18H,1-5H2. The van der Waals surface area contributed by atoms with Gasteiger partial charge in [-0.15, -0.1) is 0 Å². The molecule has 1 aromatic heterocycles. The van der Waals surface area contributed by atoms with E-state index in [1.165, 1.54) is 12.8 Å². The van der Waals surface area contributed by atoms with Crippen molar-refractivity contribution >= 4 is 31.9 Å². The molecular formula is C15H16Br2N2O. The third-order valence-electron chi connectivity index (χ3n) is 3.28. The zero-order chi connectivity index (χ0) is 13.9. The van der Waals surface area contributed by atoms with Crippen molar-refractivity contribution in [2.45, 2.75) is 31.7 Å². The number of nitrogens with zero attached hydrogens (tertiary/aromatic N) is 1. The van der Waals surface area contributed by atoms with Crippen LogP contribution in [0.15, 0.2) is 37.8 Å². The molecule has 106 valence electrons. The third kappa shape index (κ3) is 3.93. The van der Waals surface area contributed by atoms with Gasteiger partial charge in [0.1, 0.15) is 0 Å². The molecule has 0 amide bonds. The van der Waals surface area contributed by atoms with Gasteiger partial charge < -0.3 is 9.73 Å². The van der Waals surface area contributed by atoms with Crippen molar-refractivity contribution in [3.63, 3.8) is 0 Å². The first-order valence-corrected chi connectivity index (χ1v) is 8.44. The van der Waals surface area contributed by atoms with E-state index in [1.807, 2.05) is 18.2 Å². The zero-order valence-electron chi connectivity index (χ0n) is 11.0. The second kappa shape index (κ2) is 6.41. The third-order valence-corrected chi connectivity index (χ3v) is 4.19. The lowest BCUT2D eigenvalue weighted by Crippen LogP contribution is -2.17. The Labute approximate surface area is 135 Å². The van der Waals surface area contributed by atoms with Crippen LogP contribution in [0.3, 0.4) is 0 Å². The quantitative estimate of drug-likeness (QED) is 0.724. The van der Waals surface area contributed by atoms with E-state index >= 15 is 0 Å². The molecule has 1 aromatic carbocycles. The van der Waals surface area contributed by atoms with Gasteiger partial charge in [0.15, 0.2) is 11.7 Å². The highest BCUT2D eigenvalue weighted by Gasteiger charge is 2.19. The molecule has 0 spiro atoms. The van der Waals surface area contributed by atoms with Gasteiger partial charge in [0, 0.05) is 27.0 Å². The summed E-state index contributed by atoms with van der Waals surface area (Å²) in [5, 5.41) is 3.50. The molecule has 0 radical (unpaired) electrons. The molecule has 1 N–H and O–H groups in total. The van der Waals surface area contributed by atoms with E-state index in [1.54, 1.807) is 6.20 Å². The second-order valence-corrected chi connectivity index (χ2v) is 6.94. The van der Waals surface area contributed by atoms with E-state index in [2.05, 4.69) is 42.2 Å². The van der Waals surface area contributed by atoms with Crippen molar-refractivity contribution in [2.75, 3.05) is 6.54 Å². The monoisotopic (exact) mass is 398 g/mol. The molecule has 3 nitrogen and oxygen atoms in total. The van der Waals surface area contributed by atoms with Crippen LogP contribution < -0.4 is 5.32 Å². The van der Waals surface area contributed by atoms with Gasteiger partial charge in [-0.25, -0.2) is 4.98 Å². The van der Waals surface area contributed by atoms with E-state index in [4.69, 9.17) is 4.42 Å². The molecule has 5 heteroatoms. The number of aryl methyl sites for hydroxylation is 1. The fraction of sp³-hybridized carbons (Fsp3) is 0.400. The fourth-order valence-corrected chi connectivity index (χ4v) is 3.38. The number of nitrogens with one attached hydrogen (secondary N) is 1. The van der Waals surface area contributed by atoms with Crippen molar-refractivity contribution < 1.29 is 4.42 Å². The smallest absolute Gasteiger partial charge is 0.194 e. The largest absolute Gasteiger partial charge is 0.441 e. The van der Waals surface area contributed by atoms with Crippen LogP contribution in [0.5, 0.6) is 0 Å². The lowest BCUT2D eigenvalue weighted by Gasteiger charge is -2.01. The minimum Gasteiger partial charge on any atom is -0.441 e. The van der Waals surface area contributed by atoms with E-state index < -0.39 is 0 Å². The van der Waals surface area contributed by atoms with Crippen molar-refractivity contribution in [1.82, 2.24) is 10.3 Å². The van der Waals surface area contributed by atoms with Gasteiger partial charge in [0.25, 0.3) is 0 Å². The lowest BCUT2D eigenvalue weighted by molar-refractivity contribution is 0.491. The first-order chi connectivity index (χ1) is 9.70. The molecular weight excluding hydrogens is 384 g/mol. The lowest BCUT2D eigenvalue weighted by atomic mass is 10.2. The second-order valence-electron chi connectivity index (χ2n) is 5.11. The molecule has 0 unspecified atom stereocenters. The summed E-state index contributed by atoms with van der Waals surface area (Å²) in [5.41, 5.74) is 1.03. The molecule has 2 aromatic rings. The maximum atomic E-state index is 5.82. The molecule has 0 bridgehead atoms. The number of hydrogen-bond donors (Lipinski definition) is 1. The molecule has 0 saturated heterocycles. The van der Waals surface area contributed by atoms with Gasteiger partial charge in [-0.05, 0) is 44.0 Å². The highest BCUT2D eigenvalue weighted by molar-refractivity contribution is 9.11. The number of halogens is 2. The highest BCUT2D eigenvalue weighted by Crippen LogP contribution is 2.28. The predicted molar refractivity (Wildman–Crippen MR) is 86.7 cm³/mol. The van der Waals surface area contributed by atoms with Crippen molar-refractivity contribution in [2.24, 2.45) is 0 Å². The Balaban J connectivity index is 1.60. The summed E-state index contributed by atoms with van der Waals surface area (Å²) in [5.74, 6) is 1.63. The molecule has 3 rings (SSSR count). The highest BCUT2D eigenvalue weighted by atomic mass is 79.9. The zero-order valence-corrected chi connectivity index (χ0v) is 14.2. The first-order valence-electron chi connectivity index (χ1n) is 6.85. The minimum absolute atomic E-state index is 0.772. The average Bonchev–Trinajstić information content (AvgIpc) is 3.10. The van der Waals surface area contributed by atoms with Crippen LogP contribution in [0, 0.1) is 0 Å². The number of rotatable bonds is 6. The molecule has 20 heavy (non-hydrogen) atoms. The summed E-state index contributed by atoms with van der Waals surface area (Å²) >= 11 is 6.97. The Morgan fingerprint density at radius 1 is 1.20 bits per heavy atom. The van der Waals surface area contributed by atoms with E-state index in [0.717, 1.165) is 51.6 Å². The van der Waals surface area contributed by atoms with Crippen LogP contribution in [0.1, 0.15) is 25.2 Å². The predicted octanol–water partition coefficient (Wildman–Crippen LogP) is 4.55. The van der Waals surface area contributed by atoms with Crippen LogP contribution in [-0.4, -0.2) is 17.6 Å². The Morgan fingerprint density at radius 2 is 1.95 bits per heavy atom. The fourth-order valence-electron chi connectivity index (χ4n) is 2.09. The summed E-state index contributed by atoms with van der Waals surface area (Å²) in [6, 6.07) is 6.84. The first kappa shape index (κ1) is 14.3. The molecule has 1 aliphatic carbocycles. The summed E-state index contributed by atoms with van der Waals surface area (Å²) in [7, 11) is 0. The maximum Gasteiger partial charge on any atom is 0.194 e. The van der Waals surface area contributed by atoms with E-state index in [9.17, 15) is 0 Å². The van der Waals surface area contributed by atoms with Crippen LogP contribution in [0.2, 0.25) is 0 Å². The summed E-state index contributed by atoms with van der Waals surface area (Å²) < 4.78 is 7.87. The van der Waals surface area contributed by atoms with Crippen LogP contribution in [0.4, 0.5) is 0 Å². The molecule has 0 atom stereocenters. The number of aromatic nitrogens is 1. The van der Waals surface area contributed by atoms with E-state index in [0.29, 0.717) is 0 Å². The normalized spacial score (nSPS) is 14.7. The maximum absolute atomic E-state index is 5.82. The van der Waals surface area contributed by atoms with Gasteiger partial charge >= 0.3 is 0 Å². The van der Waals surface area contributed by atoms with Crippen LogP contribution in [0.25, 0.3) is 11.3 Å². The molecule has 0 aliphatic heterocycles. The van der Waals surface area contributed by atoms with Crippen LogP contribution >= 0.6 is 31.9 Å². The Hall–Kier alpha value is -0.650. The van der Waals surface area contributed by atoms with Crippen molar-refractivity contribution in [3.8, 4) is 11.3 Å². The molecule has 1 saturated carbocycles. The van der Waals surface area contributed by atoms with Crippen molar-refractivity contribution in [3.05, 3.63) is 39.2 Å². The van der Waals surface area contributed by atoms with Gasteiger partial charge in [-0.2, -0.15) is 0 Å². The minimum atomic E-state index is 0.772. The summed E-state index contributed by atoms with van der Waals surface area (Å²) in [4.78, 5) is 4.36. The number of hydrogen-bond acceptors (Lipinski definition) is 3. The molecule has 1 heterocycles. The van der Waals surface area contributed by atoms with Gasteiger partial charge in [-0.3, -0.25) is 0 Å². The van der Waals surface area contributed by atoms with Gasteiger partial charge in [0.2, 0.25) is 0 Å². The van der Waals surface area contributed by atoms with Gasteiger partial charge in [0.05, 0.1) is 6.20 Å². The average molecular weight is 400 g/mol. The summed E-state index contributed by atoms with van der Waals surface area (Å²) in [6.45, 7) is 1.05. The van der Waals surface area contributed by atoms with Crippen LogP contribution in [-0.2, 0) is 6.42 Å². The SMILES string of the molecule is Brc1cc(Br)cc(-c2cnc(CCCNC3CC3)o2)c1. The summed E-state index contributed by atoms with van der Waals surface area (Å²) in [6.07, 6.45) is 6.42. The Bertz CT molecular complexity index is 573. The molecule has 1 aliphatic rings. The van der Waals surface area contributed by atoms with Gasteiger partial charge in [-0.1, -0.05) is 31.9 Å².